The Balaban J connectivity index is 1.41. The van der Waals surface area contributed by atoms with Crippen LogP contribution in [0.5, 0.6) is 0 Å². The summed E-state index contributed by atoms with van der Waals surface area (Å²) in [7, 11) is 0. The van der Waals surface area contributed by atoms with Gasteiger partial charge < -0.3 is 14.9 Å². The second kappa shape index (κ2) is 7.59. The van der Waals surface area contributed by atoms with Crippen molar-refractivity contribution in [3.63, 3.8) is 0 Å². The van der Waals surface area contributed by atoms with Gasteiger partial charge in [0.1, 0.15) is 22.6 Å². The molecule has 3 N–H and O–H groups in total. The summed E-state index contributed by atoms with van der Waals surface area (Å²) in [6.07, 6.45) is 5.36. The first-order chi connectivity index (χ1) is 15.0. The lowest BCUT2D eigenvalue weighted by molar-refractivity contribution is -0.117. The number of anilines is 2. The SMILES string of the molecule is Cc1cc(N[S+]([O-])CC2(C#N)CC2)ccc1-c1cc(NC(=O)C2CC2)nc2[nH]ccc12. The van der Waals surface area contributed by atoms with E-state index >= 15 is 0 Å². The van der Waals surface area contributed by atoms with E-state index in [0.29, 0.717) is 11.6 Å². The van der Waals surface area contributed by atoms with Gasteiger partial charge in [0, 0.05) is 17.5 Å². The number of carbonyl (C=O) groups is 1. The first-order valence-electron chi connectivity index (χ1n) is 10.4. The van der Waals surface area contributed by atoms with E-state index in [1.165, 1.54) is 0 Å². The van der Waals surface area contributed by atoms with E-state index in [9.17, 15) is 14.6 Å². The van der Waals surface area contributed by atoms with Gasteiger partial charge in [-0.1, -0.05) is 6.07 Å². The molecular weight excluding hydrogens is 410 g/mol. The van der Waals surface area contributed by atoms with E-state index in [-0.39, 0.29) is 11.8 Å². The van der Waals surface area contributed by atoms with Crippen LogP contribution in [-0.4, -0.2) is 26.2 Å². The van der Waals surface area contributed by atoms with E-state index in [2.05, 4.69) is 26.1 Å². The minimum absolute atomic E-state index is 0.0221. The van der Waals surface area contributed by atoms with Gasteiger partial charge >= 0.3 is 0 Å². The fourth-order valence-corrected chi connectivity index (χ4v) is 5.10. The van der Waals surface area contributed by atoms with E-state index in [1.54, 1.807) is 0 Å². The summed E-state index contributed by atoms with van der Waals surface area (Å²) in [5.41, 5.74) is 4.07. The molecule has 1 amide bonds. The molecule has 1 unspecified atom stereocenters. The summed E-state index contributed by atoms with van der Waals surface area (Å²) in [6.45, 7) is 2.00. The third kappa shape index (κ3) is 4.11. The number of fused-ring (bicyclic) bond motifs is 1. The zero-order valence-electron chi connectivity index (χ0n) is 17.2. The quantitative estimate of drug-likeness (QED) is 0.481. The predicted molar refractivity (Wildman–Crippen MR) is 122 cm³/mol. The van der Waals surface area contributed by atoms with Crippen LogP contribution in [0.15, 0.2) is 36.5 Å². The highest BCUT2D eigenvalue weighted by Gasteiger charge is 2.47. The van der Waals surface area contributed by atoms with Gasteiger partial charge in [-0.2, -0.15) is 5.26 Å². The van der Waals surface area contributed by atoms with Crippen LogP contribution < -0.4 is 10.0 Å². The summed E-state index contributed by atoms with van der Waals surface area (Å²) < 4.78 is 15.5. The first-order valence-corrected chi connectivity index (χ1v) is 11.7. The van der Waals surface area contributed by atoms with Crippen molar-refractivity contribution in [2.75, 3.05) is 15.8 Å². The molecule has 1 atom stereocenters. The average Bonchev–Trinajstić information content (AvgIpc) is 3.66. The molecule has 8 heteroatoms. The van der Waals surface area contributed by atoms with E-state index in [4.69, 9.17) is 0 Å². The van der Waals surface area contributed by atoms with E-state index in [0.717, 1.165) is 59.1 Å². The molecule has 2 aliphatic rings. The second-order valence-corrected chi connectivity index (χ2v) is 9.76. The zero-order chi connectivity index (χ0) is 21.6. The number of amides is 1. The Hall–Kier alpha value is -3.02. The number of aromatic amines is 1. The van der Waals surface area contributed by atoms with Crippen LogP contribution in [0.3, 0.4) is 0 Å². The molecule has 2 aliphatic carbocycles. The topological polar surface area (TPSA) is 117 Å². The molecule has 2 saturated carbocycles. The Labute approximate surface area is 183 Å². The maximum absolute atomic E-state index is 12.4. The molecule has 0 radical (unpaired) electrons. The Kier molecular flexibility index (Phi) is 4.88. The van der Waals surface area contributed by atoms with Gasteiger partial charge in [0.05, 0.1) is 23.1 Å². The van der Waals surface area contributed by atoms with Crippen LogP contribution in [0.2, 0.25) is 0 Å². The van der Waals surface area contributed by atoms with E-state index < -0.39 is 16.8 Å². The lowest BCUT2D eigenvalue weighted by atomic mass is 9.98. The van der Waals surface area contributed by atoms with Crippen molar-refractivity contribution < 1.29 is 9.35 Å². The van der Waals surface area contributed by atoms with Crippen LogP contribution in [0.25, 0.3) is 22.2 Å². The van der Waals surface area contributed by atoms with Crippen molar-refractivity contribution in [2.24, 2.45) is 11.3 Å². The minimum Gasteiger partial charge on any atom is -0.593 e. The third-order valence-electron chi connectivity index (χ3n) is 5.97. The molecule has 0 saturated heterocycles. The summed E-state index contributed by atoms with van der Waals surface area (Å²) >= 11 is -1.30. The van der Waals surface area contributed by atoms with Crippen LogP contribution >= 0.6 is 0 Å². The molecule has 3 aromatic rings. The van der Waals surface area contributed by atoms with Crippen LogP contribution in [-0.2, 0) is 16.2 Å². The van der Waals surface area contributed by atoms with Crippen LogP contribution in [0, 0.1) is 29.6 Å². The number of aryl methyl sites for hydroxylation is 1. The number of H-pyrrole nitrogens is 1. The number of rotatable bonds is 7. The van der Waals surface area contributed by atoms with Crippen molar-refractivity contribution in [2.45, 2.75) is 32.6 Å². The fourth-order valence-electron chi connectivity index (χ4n) is 3.79. The van der Waals surface area contributed by atoms with Gasteiger partial charge in [-0.25, -0.2) is 9.71 Å². The lowest BCUT2D eigenvalue weighted by Crippen LogP contribution is -2.22. The van der Waals surface area contributed by atoms with E-state index in [1.807, 2.05) is 43.5 Å². The fraction of sp³-hybridized carbons (Fsp3) is 0.348. The summed E-state index contributed by atoms with van der Waals surface area (Å²) in [4.78, 5) is 19.9. The summed E-state index contributed by atoms with van der Waals surface area (Å²) in [5, 5.41) is 13.1. The molecular formula is C23H23N5O2S. The van der Waals surface area contributed by atoms with Gasteiger partial charge in [0.25, 0.3) is 0 Å². The second-order valence-electron chi connectivity index (χ2n) is 8.57. The van der Waals surface area contributed by atoms with Crippen molar-refractivity contribution in [3.8, 4) is 17.2 Å². The Morgan fingerprint density at radius 1 is 1.32 bits per heavy atom. The smallest absolute Gasteiger partial charge is 0.228 e. The number of hydrogen-bond donors (Lipinski definition) is 3. The number of carbonyl (C=O) groups excluding carboxylic acids is 1. The highest BCUT2D eigenvalue weighted by Crippen LogP contribution is 2.46. The monoisotopic (exact) mass is 433 g/mol. The number of hydrogen-bond acceptors (Lipinski definition) is 5. The molecule has 1 aromatic carbocycles. The van der Waals surface area contributed by atoms with Gasteiger partial charge in [-0.3, -0.25) is 4.79 Å². The molecule has 0 aliphatic heterocycles. The molecule has 7 nitrogen and oxygen atoms in total. The average molecular weight is 434 g/mol. The normalized spacial score (nSPS) is 17.7. The van der Waals surface area contributed by atoms with Crippen molar-refractivity contribution >= 4 is 39.8 Å². The number of aromatic nitrogens is 2. The summed E-state index contributed by atoms with van der Waals surface area (Å²) in [5.74, 6) is 1.01. The number of nitrogens with zero attached hydrogens (tertiary/aromatic N) is 2. The predicted octanol–water partition coefficient (Wildman–Crippen LogP) is 4.27. The molecule has 2 aromatic heterocycles. The number of benzene rings is 1. The molecule has 0 spiro atoms. The Bertz CT molecular complexity index is 1210. The van der Waals surface area contributed by atoms with Gasteiger partial charge in [0.2, 0.25) is 5.91 Å². The zero-order valence-corrected chi connectivity index (χ0v) is 18.0. The minimum atomic E-state index is -1.30. The third-order valence-corrected chi connectivity index (χ3v) is 7.25. The Morgan fingerprint density at radius 3 is 2.81 bits per heavy atom. The van der Waals surface area contributed by atoms with Crippen molar-refractivity contribution in [3.05, 3.63) is 42.1 Å². The molecule has 31 heavy (non-hydrogen) atoms. The number of nitrogens with one attached hydrogen (secondary N) is 3. The largest absolute Gasteiger partial charge is 0.593 e. The molecule has 2 fully saturated rings. The van der Waals surface area contributed by atoms with Crippen LogP contribution in [0.4, 0.5) is 11.5 Å². The first kappa shape index (κ1) is 19.9. The van der Waals surface area contributed by atoms with Crippen LogP contribution in [0.1, 0.15) is 31.2 Å². The van der Waals surface area contributed by atoms with Crippen molar-refractivity contribution in [1.29, 1.82) is 5.26 Å². The Morgan fingerprint density at radius 2 is 2.13 bits per heavy atom. The molecule has 2 heterocycles. The number of nitriles is 1. The maximum atomic E-state index is 12.4. The molecule has 0 bridgehead atoms. The summed E-state index contributed by atoms with van der Waals surface area (Å²) in [6, 6.07) is 12.0. The van der Waals surface area contributed by atoms with Gasteiger partial charge in [0.15, 0.2) is 0 Å². The molecule has 158 valence electrons. The molecule has 5 rings (SSSR count). The van der Waals surface area contributed by atoms with Gasteiger partial charge in [-0.05, 0) is 73.6 Å². The van der Waals surface area contributed by atoms with Gasteiger partial charge in [-0.15, -0.1) is 0 Å². The maximum Gasteiger partial charge on any atom is 0.228 e. The number of pyridine rings is 1. The standard InChI is InChI=1S/C23H23N5O2S/c1-14-10-16(28-31(30)13-23(12-24)7-8-23)4-5-17(14)19-11-20(27-22(29)15-2-3-15)26-21-18(19)6-9-25-21/h4-6,9-11,15,28H,2-3,7-8,13H2,1H3,(H2,25,26,27,29). The highest BCUT2D eigenvalue weighted by molar-refractivity contribution is 7.92. The highest BCUT2D eigenvalue weighted by atomic mass is 32.2. The van der Waals surface area contributed by atoms with Crippen molar-refractivity contribution in [1.82, 2.24) is 9.97 Å². The lowest BCUT2D eigenvalue weighted by Gasteiger charge is -2.16.